The Kier molecular flexibility index (Phi) is 5.93. The van der Waals surface area contributed by atoms with Gasteiger partial charge in [0.15, 0.2) is 5.58 Å². The molecule has 4 aromatic heterocycles. The Morgan fingerprint density at radius 2 is 1.18 bits per heavy atom. The van der Waals surface area contributed by atoms with Crippen molar-refractivity contribution in [2.24, 2.45) is 7.05 Å². The zero-order valence-corrected chi connectivity index (χ0v) is 34.5. The number of benzene rings is 7. The van der Waals surface area contributed by atoms with Gasteiger partial charge < -0.3 is 13.9 Å². The summed E-state index contributed by atoms with van der Waals surface area (Å²) in [5.41, 5.74) is 21.4. The SMILES string of the molecule is Cn1c2ccccc2c2cc3c(cc21)N(c1cccc2c1oc1c4c(ccc12)C1(c2cccnc2-c2ncccc21)c1ccc2c5c(ccc-4c15)CC2)c1ccccc1C3(C)C. The number of rotatable bonds is 1. The molecule has 5 heteroatoms. The average molecular weight is 795 g/mol. The Morgan fingerprint density at radius 1 is 0.500 bits per heavy atom. The van der Waals surface area contributed by atoms with Crippen LogP contribution >= 0.6 is 0 Å². The Labute approximate surface area is 357 Å². The predicted molar refractivity (Wildman–Crippen MR) is 251 cm³/mol. The van der Waals surface area contributed by atoms with Crippen LogP contribution in [0.4, 0.5) is 17.1 Å². The molecule has 5 nitrogen and oxygen atoms in total. The summed E-state index contributed by atoms with van der Waals surface area (Å²) in [4.78, 5) is 12.6. The van der Waals surface area contributed by atoms with E-state index in [4.69, 9.17) is 14.4 Å². The summed E-state index contributed by atoms with van der Waals surface area (Å²) < 4.78 is 9.94. The van der Waals surface area contributed by atoms with Crippen LogP contribution in [0, 0.1) is 0 Å². The van der Waals surface area contributed by atoms with Gasteiger partial charge in [-0.1, -0.05) is 111 Å². The summed E-state index contributed by atoms with van der Waals surface area (Å²) in [6.45, 7) is 4.75. The normalized spacial score (nSPS) is 15.8. The molecule has 0 saturated carbocycles. The molecule has 0 radical (unpaired) electrons. The number of para-hydroxylation sites is 3. The van der Waals surface area contributed by atoms with E-state index in [2.05, 4.69) is 170 Å². The number of fused-ring (bicyclic) bond motifs is 18. The maximum atomic E-state index is 7.60. The molecule has 1 aliphatic heterocycles. The molecule has 0 fully saturated rings. The van der Waals surface area contributed by atoms with Crippen molar-refractivity contribution in [2.45, 2.75) is 37.5 Å². The van der Waals surface area contributed by atoms with Gasteiger partial charge in [0.25, 0.3) is 0 Å². The fraction of sp³-hybridized carbons (Fsp3) is 0.123. The van der Waals surface area contributed by atoms with E-state index in [-0.39, 0.29) is 5.41 Å². The molecular formula is C57H38N4O. The van der Waals surface area contributed by atoms with Crippen LogP contribution in [0.15, 0.2) is 156 Å². The molecule has 0 N–H and O–H groups in total. The summed E-state index contributed by atoms with van der Waals surface area (Å²) in [5, 5.41) is 7.53. The second kappa shape index (κ2) is 11.1. The first-order valence-corrected chi connectivity index (χ1v) is 21.8. The third-order valence-electron chi connectivity index (χ3n) is 15.4. The van der Waals surface area contributed by atoms with E-state index < -0.39 is 5.41 Å². The number of pyridine rings is 2. The van der Waals surface area contributed by atoms with Crippen molar-refractivity contribution in [1.29, 1.82) is 0 Å². The van der Waals surface area contributed by atoms with Crippen molar-refractivity contribution in [1.82, 2.24) is 14.5 Å². The van der Waals surface area contributed by atoms with E-state index in [1.54, 1.807) is 0 Å². The van der Waals surface area contributed by atoms with Crippen LogP contribution in [-0.2, 0) is 30.7 Å². The molecular weight excluding hydrogens is 757 g/mol. The third kappa shape index (κ3) is 3.68. The van der Waals surface area contributed by atoms with Crippen molar-refractivity contribution in [3.05, 3.63) is 196 Å². The largest absolute Gasteiger partial charge is 0.453 e. The number of furan rings is 1. The summed E-state index contributed by atoms with van der Waals surface area (Å²) in [6, 6.07) is 52.3. The lowest BCUT2D eigenvalue weighted by Crippen LogP contribution is -2.32. The summed E-state index contributed by atoms with van der Waals surface area (Å²) in [7, 11) is 2.19. The Hall–Kier alpha value is -7.50. The second-order valence-corrected chi connectivity index (χ2v) is 18.4. The molecule has 15 rings (SSSR count). The molecule has 292 valence electrons. The van der Waals surface area contributed by atoms with Crippen molar-refractivity contribution >= 4 is 71.6 Å². The van der Waals surface area contributed by atoms with E-state index in [0.717, 1.165) is 57.4 Å². The minimum Gasteiger partial charge on any atom is -0.453 e. The van der Waals surface area contributed by atoms with Crippen LogP contribution in [0.1, 0.15) is 58.4 Å². The van der Waals surface area contributed by atoms with Crippen molar-refractivity contribution < 1.29 is 4.42 Å². The number of nitrogens with zero attached hydrogens (tertiary/aromatic N) is 4. The van der Waals surface area contributed by atoms with Gasteiger partial charge in [0.1, 0.15) is 5.58 Å². The minimum absolute atomic E-state index is 0.242. The van der Waals surface area contributed by atoms with Crippen LogP contribution in [-0.4, -0.2) is 14.5 Å². The standard InChI is InChI=1S/C57H38N4O/c1-56(2)38-13-5-7-17-45(38)61(48-30-47-37(29-43(48)56)33-11-4-6-16-44(33)60(47)3)46-18-8-12-34-35-24-26-40-51(55(35)62-54(34)46)36-23-21-31-19-20-32-22-25-39(50(36)49(31)32)57(40)41-14-9-27-58-52(41)53-42(57)15-10-28-59-53/h4-18,21-30H,19-20H2,1-3H3. The molecule has 3 aliphatic carbocycles. The van der Waals surface area contributed by atoms with Gasteiger partial charge in [-0.05, 0) is 116 Å². The zero-order chi connectivity index (χ0) is 40.8. The maximum Gasteiger partial charge on any atom is 0.159 e. The van der Waals surface area contributed by atoms with Gasteiger partial charge in [-0.2, -0.15) is 0 Å². The highest BCUT2D eigenvalue weighted by Crippen LogP contribution is 2.63. The first-order chi connectivity index (χ1) is 30.4. The van der Waals surface area contributed by atoms with Crippen LogP contribution in [0.2, 0.25) is 0 Å². The first-order valence-electron chi connectivity index (χ1n) is 21.8. The Balaban J connectivity index is 1.07. The monoisotopic (exact) mass is 794 g/mol. The van der Waals surface area contributed by atoms with Gasteiger partial charge >= 0.3 is 0 Å². The molecule has 0 unspecified atom stereocenters. The van der Waals surface area contributed by atoms with E-state index in [1.165, 1.54) is 94.0 Å². The van der Waals surface area contributed by atoms with Crippen LogP contribution in [0.5, 0.6) is 0 Å². The number of anilines is 3. The highest BCUT2D eigenvalue weighted by atomic mass is 16.3. The first kappa shape index (κ1) is 33.2. The van der Waals surface area contributed by atoms with Gasteiger partial charge in [0.2, 0.25) is 0 Å². The lowest BCUT2D eigenvalue weighted by molar-refractivity contribution is 0.631. The van der Waals surface area contributed by atoms with Crippen LogP contribution in [0.25, 0.3) is 77.0 Å². The van der Waals surface area contributed by atoms with Gasteiger partial charge in [0.05, 0.1) is 39.4 Å². The maximum absolute atomic E-state index is 7.60. The molecule has 0 amide bonds. The van der Waals surface area contributed by atoms with Crippen molar-refractivity contribution in [2.75, 3.05) is 4.90 Å². The molecule has 4 aliphatic rings. The van der Waals surface area contributed by atoms with Gasteiger partial charge in [-0.15, -0.1) is 0 Å². The summed E-state index contributed by atoms with van der Waals surface area (Å²) in [6.07, 6.45) is 5.94. The van der Waals surface area contributed by atoms with Gasteiger partial charge in [-0.3, -0.25) is 9.97 Å². The molecule has 0 saturated heterocycles. The van der Waals surface area contributed by atoms with E-state index in [0.29, 0.717) is 0 Å². The molecule has 1 spiro atoms. The molecule has 5 heterocycles. The Bertz CT molecular complexity index is 3830. The van der Waals surface area contributed by atoms with E-state index in [1.807, 2.05) is 12.4 Å². The molecule has 0 atom stereocenters. The van der Waals surface area contributed by atoms with Crippen LogP contribution in [0.3, 0.4) is 0 Å². The number of aryl methyl sites for hydroxylation is 3. The fourth-order valence-corrected chi connectivity index (χ4v) is 12.7. The lowest BCUT2D eigenvalue weighted by atomic mass is 9.61. The second-order valence-electron chi connectivity index (χ2n) is 18.4. The predicted octanol–water partition coefficient (Wildman–Crippen LogP) is 13.7. The van der Waals surface area contributed by atoms with Crippen LogP contribution < -0.4 is 4.90 Å². The lowest BCUT2D eigenvalue weighted by Gasteiger charge is -2.42. The molecule has 62 heavy (non-hydrogen) atoms. The summed E-state index contributed by atoms with van der Waals surface area (Å²) >= 11 is 0. The highest BCUT2D eigenvalue weighted by Gasteiger charge is 2.52. The topological polar surface area (TPSA) is 47.1 Å². The Morgan fingerprint density at radius 3 is 2.00 bits per heavy atom. The third-order valence-corrected chi connectivity index (χ3v) is 15.4. The van der Waals surface area contributed by atoms with E-state index in [9.17, 15) is 0 Å². The smallest absolute Gasteiger partial charge is 0.159 e. The van der Waals surface area contributed by atoms with Crippen molar-refractivity contribution in [3.63, 3.8) is 0 Å². The highest BCUT2D eigenvalue weighted by molar-refractivity contribution is 6.20. The van der Waals surface area contributed by atoms with Gasteiger partial charge in [0, 0.05) is 57.5 Å². The minimum atomic E-state index is -0.619. The van der Waals surface area contributed by atoms with Gasteiger partial charge in [-0.25, -0.2) is 0 Å². The zero-order valence-electron chi connectivity index (χ0n) is 34.5. The van der Waals surface area contributed by atoms with Crippen molar-refractivity contribution in [3.8, 4) is 22.5 Å². The number of aromatic nitrogens is 3. The average Bonchev–Trinajstić information content (AvgIpc) is 4.06. The number of hydrogen-bond acceptors (Lipinski definition) is 4. The number of hydrogen-bond donors (Lipinski definition) is 0. The molecule has 7 aromatic carbocycles. The van der Waals surface area contributed by atoms with E-state index >= 15 is 0 Å². The quantitative estimate of drug-likeness (QED) is 0.166. The molecule has 0 bridgehead atoms. The molecule has 11 aromatic rings. The fourth-order valence-electron chi connectivity index (χ4n) is 12.7. The summed E-state index contributed by atoms with van der Waals surface area (Å²) in [5.74, 6) is 0.